The number of carbonyl (C=O) groups is 3. The Morgan fingerprint density at radius 2 is 2.05 bits per heavy atom. The van der Waals surface area contributed by atoms with Gasteiger partial charge in [0.25, 0.3) is 17.7 Å². The Hall–Kier alpha value is -4.17. The van der Waals surface area contributed by atoms with Crippen LogP contribution in [0.5, 0.6) is 0 Å². The first-order chi connectivity index (χ1) is 19.5. The van der Waals surface area contributed by atoms with Crippen molar-refractivity contribution in [1.82, 2.24) is 25.7 Å². The number of carbonyl (C=O) groups excluding carboxylic acids is 3. The van der Waals surface area contributed by atoms with E-state index < -0.39 is 54.8 Å². The molecule has 1 aliphatic rings. The van der Waals surface area contributed by atoms with Gasteiger partial charge in [0.2, 0.25) is 0 Å². The summed E-state index contributed by atoms with van der Waals surface area (Å²) in [6, 6.07) is 3.40. The van der Waals surface area contributed by atoms with Gasteiger partial charge in [0.1, 0.15) is 23.9 Å². The molecule has 1 aromatic carbocycles. The van der Waals surface area contributed by atoms with Gasteiger partial charge in [0.05, 0.1) is 30.8 Å². The van der Waals surface area contributed by atoms with E-state index in [2.05, 4.69) is 26.1 Å². The van der Waals surface area contributed by atoms with Gasteiger partial charge in [0.15, 0.2) is 5.69 Å². The molecule has 0 spiro atoms. The van der Waals surface area contributed by atoms with Gasteiger partial charge in [-0.2, -0.15) is 0 Å². The lowest BCUT2D eigenvalue weighted by Gasteiger charge is -2.38. The Balaban J connectivity index is 1.62. The number of hydrogen-bond acceptors (Lipinski definition) is 7. The van der Waals surface area contributed by atoms with Crippen molar-refractivity contribution in [2.45, 2.75) is 31.4 Å². The van der Waals surface area contributed by atoms with Crippen molar-refractivity contribution in [3.8, 4) is 0 Å². The summed E-state index contributed by atoms with van der Waals surface area (Å²) in [6.07, 6.45) is 3.06. The van der Waals surface area contributed by atoms with Crippen LogP contribution in [0.15, 0.2) is 47.3 Å². The molecule has 1 aliphatic heterocycles. The third-order valence-corrected chi connectivity index (χ3v) is 6.62. The van der Waals surface area contributed by atoms with Crippen molar-refractivity contribution in [3.63, 3.8) is 0 Å². The monoisotopic (exact) mass is 594 g/mol. The van der Waals surface area contributed by atoms with Crippen molar-refractivity contribution in [2.75, 3.05) is 32.1 Å². The number of hydrogen-bond donors (Lipinski definition) is 3. The van der Waals surface area contributed by atoms with E-state index >= 15 is 0 Å². The van der Waals surface area contributed by atoms with Crippen LogP contribution in [0.25, 0.3) is 0 Å². The largest absolute Gasteiger partial charge is 0.382 e. The second-order valence-corrected chi connectivity index (χ2v) is 9.61. The van der Waals surface area contributed by atoms with Crippen LogP contribution < -0.4 is 16.0 Å². The number of nitrogens with zero attached hydrogens (tertiary/aromatic N) is 3. The van der Waals surface area contributed by atoms with Crippen LogP contribution in [0, 0.1) is 5.82 Å². The Bertz CT molecular complexity index is 1440. The normalized spacial score (nSPS) is 16.0. The molecule has 41 heavy (non-hydrogen) atoms. The number of pyridine rings is 1. The van der Waals surface area contributed by atoms with Crippen molar-refractivity contribution < 1.29 is 36.8 Å². The van der Waals surface area contributed by atoms with E-state index in [1.807, 2.05) is 0 Å². The first kappa shape index (κ1) is 29.8. The second-order valence-electron chi connectivity index (χ2n) is 9.20. The molecule has 0 bridgehead atoms. The summed E-state index contributed by atoms with van der Waals surface area (Å²) in [7, 11) is 1.36. The summed E-state index contributed by atoms with van der Waals surface area (Å²) >= 11 is 5.94. The molecule has 2 aromatic heterocycles. The van der Waals surface area contributed by atoms with Gasteiger partial charge >= 0.3 is 6.03 Å². The number of rotatable bonds is 10. The number of alkyl halides is 2. The fraction of sp³-hybridized carbons (Fsp3) is 0.346. The second kappa shape index (κ2) is 12.6. The van der Waals surface area contributed by atoms with E-state index in [4.69, 9.17) is 20.9 Å². The quantitative estimate of drug-likeness (QED) is 0.324. The Morgan fingerprint density at radius 3 is 2.76 bits per heavy atom. The van der Waals surface area contributed by atoms with Crippen LogP contribution >= 0.6 is 11.6 Å². The minimum absolute atomic E-state index is 0.0130. The number of ether oxygens (including phenoxy) is 1. The lowest BCUT2D eigenvalue weighted by atomic mass is 10.0. The van der Waals surface area contributed by atoms with E-state index in [0.29, 0.717) is 17.5 Å². The SMILES string of the molecule is CCc1conc1C(=O)N[C@H](C(=O)Nc1cc([C@@H](COC)N2CC(F)(F)CNC2=O)ccn1)c1ccc(F)c(Cl)c1. The predicted octanol–water partition coefficient (Wildman–Crippen LogP) is 3.88. The molecule has 3 N–H and O–H groups in total. The van der Waals surface area contributed by atoms with Gasteiger partial charge in [-0.3, -0.25) is 9.59 Å². The van der Waals surface area contributed by atoms with Gasteiger partial charge < -0.3 is 30.1 Å². The molecule has 3 aromatic rings. The zero-order valence-corrected chi connectivity index (χ0v) is 22.7. The van der Waals surface area contributed by atoms with Crippen LogP contribution in [0.1, 0.15) is 46.2 Å². The summed E-state index contributed by atoms with van der Waals surface area (Å²) in [4.78, 5) is 44.0. The number of aromatic nitrogens is 2. The van der Waals surface area contributed by atoms with E-state index in [1.165, 1.54) is 43.8 Å². The maximum absolute atomic E-state index is 14.1. The maximum Gasteiger partial charge on any atom is 0.318 e. The number of anilines is 1. The van der Waals surface area contributed by atoms with Crippen LogP contribution in [0.4, 0.5) is 23.8 Å². The fourth-order valence-corrected chi connectivity index (χ4v) is 4.46. The Kier molecular flexibility index (Phi) is 9.13. The lowest BCUT2D eigenvalue weighted by Crippen LogP contribution is -2.58. The van der Waals surface area contributed by atoms with Crippen molar-refractivity contribution in [1.29, 1.82) is 0 Å². The van der Waals surface area contributed by atoms with E-state index in [0.717, 1.165) is 11.0 Å². The molecular weight excluding hydrogens is 569 g/mol. The molecule has 0 unspecified atom stereocenters. The van der Waals surface area contributed by atoms with Crippen LogP contribution in [-0.2, 0) is 16.0 Å². The molecule has 1 saturated heterocycles. The number of nitrogens with one attached hydrogen (secondary N) is 3. The first-order valence-electron chi connectivity index (χ1n) is 12.4. The van der Waals surface area contributed by atoms with Gasteiger partial charge in [0, 0.05) is 18.9 Å². The summed E-state index contributed by atoms with van der Waals surface area (Å²) in [6.45, 7) is 0.0505. The van der Waals surface area contributed by atoms with Gasteiger partial charge in [-0.25, -0.2) is 22.9 Å². The topological polar surface area (TPSA) is 139 Å². The molecule has 1 fully saturated rings. The van der Waals surface area contributed by atoms with Gasteiger partial charge in [-0.15, -0.1) is 0 Å². The summed E-state index contributed by atoms with van der Waals surface area (Å²) < 4.78 is 52.1. The number of halogens is 4. The number of benzene rings is 1. The van der Waals surface area contributed by atoms with Crippen LogP contribution in [0.3, 0.4) is 0 Å². The van der Waals surface area contributed by atoms with E-state index in [-0.39, 0.29) is 28.7 Å². The Morgan fingerprint density at radius 1 is 1.27 bits per heavy atom. The highest BCUT2D eigenvalue weighted by molar-refractivity contribution is 6.30. The highest BCUT2D eigenvalue weighted by atomic mass is 35.5. The van der Waals surface area contributed by atoms with Crippen LogP contribution in [-0.4, -0.2) is 65.6 Å². The molecule has 2 atom stereocenters. The molecular formula is C26H26ClF3N6O5. The molecule has 218 valence electrons. The molecule has 0 radical (unpaired) electrons. The predicted molar refractivity (Wildman–Crippen MR) is 140 cm³/mol. The molecule has 15 heteroatoms. The molecule has 4 rings (SSSR count). The molecule has 0 saturated carbocycles. The van der Waals surface area contributed by atoms with Gasteiger partial charge in [-0.05, 0) is 41.8 Å². The summed E-state index contributed by atoms with van der Waals surface area (Å²) in [5, 5.41) is 10.7. The van der Waals surface area contributed by atoms with Crippen molar-refractivity contribution >= 4 is 35.3 Å². The fourth-order valence-electron chi connectivity index (χ4n) is 4.27. The highest BCUT2D eigenvalue weighted by Gasteiger charge is 2.42. The smallest absolute Gasteiger partial charge is 0.318 e. The number of methoxy groups -OCH3 is 1. The van der Waals surface area contributed by atoms with Crippen molar-refractivity contribution in [3.05, 3.63) is 76.0 Å². The minimum Gasteiger partial charge on any atom is -0.382 e. The number of urea groups is 1. The summed E-state index contributed by atoms with van der Waals surface area (Å²) in [5.74, 6) is -5.40. The third kappa shape index (κ3) is 6.95. The zero-order valence-electron chi connectivity index (χ0n) is 21.9. The van der Waals surface area contributed by atoms with Crippen LogP contribution in [0.2, 0.25) is 5.02 Å². The standard InChI is InChI=1S/C26H26ClF3N6O5/c1-3-14-10-41-35-22(14)24(38)34-21(16-4-5-18(28)17(27)8-16)23(37)33-20-9-15(6-7-31-20)19(11-40-2)36-13-26(29,30)12-32-25(36)39/h4-10,19,21H,3,11-13H2,1-2H3,(H,32,39)(H,34,38)(H,31,33,37)/t19-,21+/m1/s1. The summed E-state index contributed by atoms with van der Waals surface area (Å²) in [5.41, 5.74) is 0.984. The molecule has 3 heterocycles. The molecule has 4 amide bonds. The maximum atomic E-state index is 14.1. The van der Waals surface area contributed by atoms with E-state index in [9.17, 15) is 27.6 Å². The lowest BCUT2D eigenvalue weighted by molar-refractivity contribution is -0.118. The Labute approximate surface area is 237 Å². The zero-order chi connectivity index (χ0) is 29.7. The average molecular weight is 595 g/mol. The van der Waals surface area contributed by atoms with Crippen molar-refractivity contribution in [2.24, 2.45) is 0 Å². The molecule has 0 aliphatic carbocycles. The minimum atomic E-state index is -3.16. The number of aryl methyl sites for hydroxylation is 1. The first-order valence-corrected chi connectivity index (χ1v) is 12.8. The average Bonchev–Trinajstić information content (AvgIpc) is 3.43. The van der Waals surface area contributed by atoms with E-state index in [1.54, 1.807) is 6.92 Å². The highest BCUT2D eigenvalue weighted by Crippen LogP contribution is 2.29. The van der Waals surface area contributed by atoms with Gasteiger partial charge in [-0.1, -0.05) is 29.7 Å². The third-order valence-electron chi connectivity index (χ3n) is 6.34. The molecule has 11 nitrogen and oxygen atoms in total. The number of amides is 4.